The summed E-state index contributed by atoms with van der Waals surface area (Å²) < 4.78 is 5.66. The number of ether oxygens (including phenoxy) is 1. The predicted molar refractivity (Wildman–Crippen MR) is 57.5 cm³/mol. The molecule has 0 radical (unpaired) electrons. The summed E-state index contributed by atoms with van der Waals surface area (Å²) in [7, 11) is 0. The summed E-state index contributed by atoms with van der Waals surface area (Å²) in [6.07, 6.45) is 0.235. The first-order valence-electron chi connectivity index (χ1n) is 5.76. The van der Waals surface area contributed by atoms with Crippen LogP contribution in [0, 0.1) is 11.8 Å². The van der Waals surface area contributed by atoms with Gasteiger partial charge in [0.25, 0.3) is 0 Å². The lowest BCUT2D eigenvalue weighted by atomic mass is 9.88. The van der Waals surface area contributed by atoms with Gasteiger partial charge in [0.2, 0.25) is 5.91 Å². The Labute approximate surface area is 90.8 Å². The van der Waals surface area contributed by atoms with Crippen molar-refractivity contribution >= 4 is 5.91 Å². The first-order chi connectivity index (χ1) is 7.09. The van der Waals surface area contributed by atoms with Gasteiger partial charge in [-0.05, 0) is 19.8 Å². The van der Waals surface area contributed by atoms with Crippen LogP contribution in [0.2, 0.25) is 0 Å². The Morgan fingerprint density at radius 2 is 1.93 bits per heavy atom. The molecule has 2 aliphatic rings. The van der Waals surface area contributed by atoms with E-state index in [1.807, 2.05) is 13.8 Å². The normalized spacial score (nSPS) is 41.3. The van der Waals surface area contributed by atoms with E-state index in [4.69, 9.17) is 4.74 Å². The molecule has 2 fully saturated rings. The molecule has 2 heterocycles. The highest BCUT2D eigenvalue weighted by Gasteiger charge is 2.42. The summed E-state index contributed by atoms with van der Waals surface area (Å²) in [5, 5.41) is 6.20. The lowest BCUT2D eigenvalue weighted by Crippen LogP contribution is -2.58. The van der Waals surface area contributed by atoms with Gasteiger partial charge in [-0.2, -0.15) is 0 Å². The second-order valence-electron chi connectivity index (χ2n) is 4.79. The fourth-order valence-electron chi connectivity index (χ4n) is 2.41. The molecule has 2 aliphatic heterocycles. The minimum Gasteiger partial charge on any atom is -0.374 e. The number of hydrogen-bond donors (Lipinski definition) is 2. The number of carbonyl (C=O) groups is 1. The Morgan fingerprint density at radius 3 is 2.33 bits per heavy atom. The Bertz CT molecular complexity index is 253. The van der Waals surface area contributed by atoms with Gasteiger partial charge in [0.05, 0.1) is 24.2 Å². The van der Waals surface area contributed by atoms with Gasteiger partial charge >= 0.3 is 0 Å². The molecule has 0 spiro atoms. The fourth-order valence-corrected chi connectivity index (χ4v) is 2.41. The van der Waals surface area contributed by atoms with E-state index in [0.29, 0.717) is 12.0 Å². The second kappa shape index (κ2) is 4.10. The van der Waals surface area contributed by atoms with Crippen LogP contribution < -0.4 is 10.6 Å². The van der Waals surface area contributed by atoms with Crippen molar-refractivity contribution in [1.82, 2.24) is 10.6 Å². The Morgan fingerprint density at radius 1 is 1.27 bits per heavy atom. The summed E-state index contributed by atoms with van der Waals surface area (Å²) in [4.78, 5) is 12.0. The largest absolute Gasteiger partial charge is 0.374 e. The molecule has 0 bridgehead atoms. The number of nitrogens with one attached hydrogen (secondary N) is 2. The van der Waals surface area contributed by atoms with E-state index in [9.17, 15) is 4.79 Å². The van der Waals surface area contributed by atoms with E-state index >= 15 is 0 Å². The van der Waals surface area contributed by atoms with Crippen LogP contribution in [0.4, 0.5) is 0 Å². The maximum atomic E-state index is 12.0. The van der Waals surface area contributed by atoms with Crippen LogP contribution in [-0.2, 0) is 9.53 Å². The highest BCUT2D eigenvalue weighted by Crippen LogP contribution is 2.32. The van der Waals surface area contributed by atoms with Crippen molar-refractivity contribution in [2.75, 3.05) is 13.1 Å². The molecule has 2 N–H and O–H groups in total. The average Bonchev–Trinajstić information content (AvgIpc) is 2.34. The van der Waals surface area contributed by atoms with Crippen molar-refractivity contribution in [3.05, 3.63) is 0 Å². The topological polar surface area (TPSA) is 50.4 Å². The van der Waals surface area contributed by atoms with Crippen molar-refractivity contribution in [1.29, 1.82) is 0 Å². The summed E-state index contributed by atoms with van der Waals surface area (Å²) in [5.41, 5.74) is 0. The predicted octanol–water partition coefficient (Wildman–Crippen LogP) is 0.134. The van der Waals surface area contributed by atoms with Crippen LogP contribution in [0.1, 0.15) is 20.8 Å². The van der Waals surface area contributed by atoms with Crippen molar-refractivity contribution in [2.45, 2.75) is 39.0 Å². The van der Waals surface area contributed by atoms with Gasteiger partial charge in [0, 0.05) is 13.1 Å². The lowest BCUT2D eigenvalue weighted by Gasteiger charge is -2.30. The smallest absolute Gasteiger partial charge is 0.226 e. The Hall–Kier alpha value is -0.610. The van der Waals surface area contributed by atoms with Crippen molar-refractivity contribution in [2.24, 2.45) is 11.8 Å². The minimum atomic E-state index is 0.0144. The first kappa shape index (κ1) is 10.9. The fraction of sp³-hybridized carbons (Fsp3) is 0.909. The van der Waals surface area contributed by atoms with E-state index in [2.05, 4.69) is 17.6 Å². The molecule has 2 rings (SSSR count). The summed E-state index contributed by atoms with van der Waals surface area (Å²) in [6.45, 7) is 7.93. The molecule has 1 amide bonds. The molecule has 15 heavy (non-hydrogen) atoms. The zero-order chi connectivity index (χ0) is 11.0. The minimum absolute atomic E-state index is 0.0144. The summed E-state index contributed by atoms with van der Waals surface area (Å²) in [5.74, 6) is 0.486. The van der Waals surface area contributed by atoms with Crippen LogP contribution in [0.25, 0.3) is 0 Å². The first-order valence-corrected chi connectivity index (χ1v) is 5.76. The molecule has 4 unspecified atom stereocenters. The van der Waals surface area contributed by atoms with Gasteiger partial charge in [-0.25, -0.2) is 0 Å². The maximum Gasteiger partial charge on any atom is 0.226 e. The molecular weight excluding hydrogens is 192 g/mol. The molecule has 0 saturated carbocycles. The molecule has 86 valence electrons. The van der Waals surface area contributed by atoms with Crippen molar-refractivity contribution < 1.29 is 9.53 Å². The van der Waals surface area contributed by atoms with Crippen LogP contribution in [0.5, 0.6) is 0 Å². The van der Waals surface area contributed by atoms with Crippen molar-refractivity contribution in [3.63, 3.8) is 0 Å². The van der Waals surface area contributed by atoms with Crippen LogP contribution in [0.15, 0.2) is 0 Å². The van der Waals surface area contributed by atoms with Gasteiger partial charge in [0.1, 0.15) is 0 Å². The molecular formula is C11H20N2O2. The molecule has 0 aromatic rings. The quantitative estimate of drug-likeness (QED) is 0.684. The van der Waals surface area contributed by atoms with E-state index in [1.165, 1.54) is 0 Å². The van der Waals surface area contributed by atoms with Crippen molar-refractivity contribution in [3.8, 4) is 0 Å². The SMILES string of the molecule is CC1OC(C)C(C(=O)NC2CNC2)C1C. The number of hydrogen-bond acceptors (Lipinski definition) is 3. The molecule has 4 nitrogen and oxygen atoms in total. The molecule has 4 atom stereocenters. The van der Waals surface area contributed by atoms with Crippen LogP contribution >= 0.6 is 0 Å². The van der Waals surface area contributed by atoms with E-state index < -0.39 is 0 Å². The third kappa shape index (κ3) is 2.01. The zero-order valence-electron chi connectivity index (χ0n) is 9.62. The molecule has 0 aromatic heterocycles. The molecule has 0 aromatic carbocycles. The van der Waals surface area contributed by atoms with Gasteiger partial charge in [0.15, 0.2) is 0 Å². The summed E-state index contributed by atoms with van der Waals surface area (Å²) >= 11 is 0. The van der Waals surface area contributed by atoms with Crippen LogP contribution in [0.3, 0.4) is 0 Å². The number of amides is 1. The monoisotopic (exact) mass is 212 g/mol. The molecule has 0 aliphatic carbocycles. The van der Waals surface area contributed by atoms with Gasteiger partial charge in [-0.1, -0.05) is 6.92 Å². The highest BCUT2D eigenvalue weighted by atomic mass is 16.5. The Balaban J connectivity index is 1.93. The molecule has 4 heteroatoms. The number of rotatable bonds is 2. The lowest BCUT2D eigenvalue weighted by molar-refractivity contribution is -0.128. The Kier molecular flexibility index (Phi) is 2.98. The third-order valence-corrected chi connectivity index (χ3v) is 3.67. The van der Waals surface area contributed by atoms with E-state index in [1.54, 1.807) is 0 Å². The van der Waals surface area contributed by atoms with Crippen LogP contribution in [-0.4, -0.2) is 37.2 Å². The molecule has 2 saturated heterocycles. The van der Waals surface area contributed by atoms with Gasteiger partial charge < -0.3 is 15.4 Å². The van der Waals surface area contributed by atoms with Gasteiger partial charge in [-0.15, -0.1) is 0 Å². The second-order valence-corrected chi connectivity index (χ2v) is 4.79. The summed E-state index contributed by atoms with van der Waals surface area (Å²) in [6, 6.07) is 0.327. The standard InChI is InChI=1S/C11H20N2O2/c1-6-7(2)15-8(3)10(6)11(14)13-9-4-12-5-9/h6-10,12H,4-5H2,1-3H3,(H,13,14). The van der Waals surface area contributed by atoms with E-state index in [-0.39, 0.29) is 24.0 Å². The number of carbonyl (C=O) groups excluding carboxylic acids is 1. The highest BCUT2D eigenvalue weighted by molar-refractivity contribution is 5.80. The third-order valence-electron chi connectivity index (χ3n) is 3.67. The van der Waals surface area contributed by atoms with E-state index in [0.717, 1.165) is 13.1 Å². The van der Waals surface area contributed by atoms with Gasteiger partial charge in [-0.3, -0.25) is 4.79 Å². The maximum absolute atomic E-state index is 12.0. The zero-order valence-corrected chi connectivity index (χ0v) is 9.62. The average molecular weight is 212 g/mol.